The monoisotopic (exact) mass is 489 g/mol. The molecule has 158 valence electrons. The second kappa shape index (κ2) is 8.49. The molecule has 0 amide bonds. The van der Waals surface area contributed by atoms with E-state index in [4.69, 9.17) is 0 Å². The summed E-state index contributed by atoms with van der Waals surface area (Å²) in [4.78, 5) is 14.1. The van der Waals surface area contributed by atoms with Crippen LogP contribution >= 0.6 is 15.9 Å². The zero-order chi connectivity index (χ0) is 21.3. The number of anilines is 1. The minimum absolute atomic E-state index is 0.0455. The van der Waals surface area contributed by atoms with Crippen molar-refractivity contribution in [1.29, 1.82) is 0 Å². The van der Waals surface area contributed by atoms with Crippen LogP contribution in [-0.4, -0.2) is 46.5 Å². The summed E-state index contributed by atoms with van der Waals surface area (Å²) in [5.41, 5.74) is 2.99. The number of hydrogen-bond donors (Lipinski definition) is 1. The molecule has 2 aromatic heterocycles. The molecule has 0 bridgehead atoms. The zero-order valence-electron chi connectivity index (χ0n) is 16.9. The number of H-pyrrole nitrogens is 1. The van der Waals surface area contributed by atoms with Crippen molar-refractivity contribution < 1.29 is 8.42 Å². The molecule has 3 heterocycles. The summed E-state index contributed by atoms with van der Waals surface area (Å²) >= 11 is 3.54. The first-order valence-corrected chi connectivity index (χ1v) is 12.4. The molecule has 2 atom stereocenters. The number of benzene rings is 1. The van der Waals surface area contributed by atoms with Gasteiger partial charge in [-0.1, -0.05) is 22.0 Å². The van der Waals surface area contributed by atoms with E-state index < -0.39 is 10.0 Å². The lowest BCUT2D eigenvalue weighted by Gasteiger charge is -2.34. The summed E-state index contributed by atoms with van der Waals surface area (Å²) in [6, 6.07) is 9.62. The van der Waals surface area contributed by atoms with Gasteiger partial charge in [-0.3, -0.25) is 4.98 Å². The topological polar surface area (TPSA) is 82.2 Å². The first kappa shape index (κ1) is 21.0. The third-order valence-corrected chi connectivity index (χ3v) is 7.27. The average molecular weight is 490 g/mol. The lowest BCUT2D eigenvalue weighted by atomic mass is 10.1. The Balaban J connectivity index is 1.80. The number of nitrogens with zero attached hydrogens (tertiary/aromatic N) is 4. The molecule has 0 spiro atoms. The summed E-state index contributed by atoms with van der Waals surface area (Å²) in [5, 5.41) is 0. The Bertz CT molecular complexity index is 1110. The molecule has 0 saturated carbocycles. The van der Waals surface area contributed by atoms with Gasteiger partial charge in [0.15, 0.2) is 0 Å². The van der Waals surface area contributed by atoms with Crippen LogP contribution in [0.15, 0.2) is 59.6 Å². The SMILES string of the molecule is CC(c1ncc[nH]1)N1C[C@@H](Cc2cccnc2)N(S(C)(=O)=O)Cc2cc(Br)ccc21. The number of rotatable bonds is 5. The number of aromatic nitrogens is 3. The summed E-state index contributed by atoms with van der Waals surface area (Å²) in [6.07, 6.45) is 8.94. The number of nitrogens with one attached hydrogen (secondary N) is 1. The Kier molecular flexibility index (Phi) is 5.95. The molecule has 1 N–H and O–H groups in total. The molecule has 1 aromatic carbocycles. The van der Waals surface area contributed by atoms with E-state index in [1.165, 1.54) is 6.26 Å². The van der Waals surface area contributed by atoms with Crippen LogP contribution < -0.4 is 4.90 Å². The molecular formula is C21H24BrN5O2S. The van der Waals surface area contributed by atoms with Crippen molar-refractivity contribution in [2.24, 2.45) is 0 Å². The lowest BCUT2D eigenvalue weighted by Crippen LogP contribution is -2.46. The van der Waals surface area contributed by atoms with Crippen LogP contribution in [0.3, 0.4) is 0 Å². The summed E-state index contributed by atoms with van der Waals surface area (Å²) < 4.78 is 28.1. The van der Waals surface area contributed by atoms with Crippen LogP contribution in [0.1, 0.15) is 29.9 Å². The van der Waals surface area contributed by atoms with E-state index in [1.54, 1.807) is 22.9 Å². The van der Waals surface area contributed by atoms with Gasteiger partial charge in [-0.15, -0.1) is 0 Å². The van der Waals surface area contributed by atoms with Crippen molar-refractivity contribution >= 4 is 31.6 Å². The van der Waals surface area contributed by atoms with Crippen LogP contribution in [0.25, 0.3) is 0 Å². The molecular weight excluding hydrogens is 466 g/mol. The Hall–Kier alpha value is -2.23. The number of pyridine rings is 1. The third kappa shape index (κ3) is 4.43. The maximum atomic E-state index is 12.8. The van der Waals surface area contributed by atoms with E-state index in [9.17, 15) is 8.42 Å². The highest BCUT2D eigenvalue weighted by Crippen LogP contribution is 2.36. The minimum atomic E-state index is -3.43. The lowest BCUT2D eigenvalue weighted by molar-refractivity contribution is 0.317. The van der Waals surface area contributed by atoms with Crippen LogP contribution in [0.5, 0.6) is 0 Å². The Morgan fingerprint density at radius 3 is 2.80 bits per heavy atom. The molecule has 3 aromatic rings. The highest BCUT2D eigenvalue weighted by molar-refractivity contribution is 9.10. The summed E-state index contributed by atoms with van der Waals surface area (Å²) in [7, 11) is -3.43. The fraction of sp³-hybridized carbons (Fsp3) is 0.333. The standard InChI is InChI=1S/C21H24BrN5O2S/c1-15(21-24-8-9-25-21)26-14-19(10-16-4-3-7-23-12-16)27(30(2,28)29)13-17-11-18(22)5-6-20(17)26/h3-9,11-12,15,19H,10,13-14H2,1-2H3,(H,24,25)/t15?,19-/m1/s1. The van der Waals surface area contributed by atoms with Crippen LogP contribution in [0.2, 0.25) is 0 Å². The molecule has 0 radical (unpaired) electrons. The molecule has 1 unspecified atom stereocenters. The maximum absolute atomic E-state index is 12.8. The fourth-order valence-electron chi connectivity index (χ4n) is 4.04. The maximum Gasteiger partial charge on any atom is 0.211 e. The molecule has 30 heavy (non-hydrogen) atoms. The number of fused-ring (bicyclic) bond motifs is 1. The van der Waals surface area contributed by atoms with E-state index in [2.05, 4.69) is 42.7 Å². The van der Waals surface area contributed by atoms with Gasteiger partial charge in [0, 0.05) is 54.1 Å². The molecule has 0 saturated heterocycles. The molecule has 1 aliphatic rings. The van der Waals surface area contributed by atoms with Crippen molar-refractivity contribution in [1.82, 2.24) is 19.3 Å². The molecule has 9 heteroatoms. The fourth-order valence-corrected chi connectivity index (χ4v) is 5.50. The predicted molar refractivity (Wildman–Crippen MR) is 121 cm³/mol. The predicted octanol–water partition coefficient (Wildman–Crippen LogP) is 3.52. The van der Waals surface area contributed by atoms with Crippen molar-refractivity contribution in [2.75, 3.05) is 17.7 Å². The van der Waals surface area contributed by atoms with Crippen molar-refractivity contribution in [3.8, 4) is 0 Å². The molecule has 0 fully saturated rings. The zero-order valence-corrected chi connectivity index (χ0v) is 19.3. The second-order valence-corrected chi connectivity index (χ2v) is 10.5. The molecule has 0 aliphatic carbocycles. The van der Waals surface area contributed by atoms with E-state index in [0.29, 0.717) is 19.5 Å². The first-order chi connectivity index (χ1) is 14.3. The Morgan fingerprint density at radius 2 is 2.13 bits per heavy atom. The summed E-state index contributed by atoms with van der Waals surface area (Å²) in [6.45, 7) is 2.94. The number of aromatic amines is 1. The quantitative estimate of drug-likeness (QED) is 0.592. The van der Waals surface area contributed by atoms with Crippen molar-refractivity contribution in [3.63, 3.8) is 0 Å². The van der Waals surface area contributed by atoms with Gasteiger partial charge < -0.3 is 9.88 Å². The van der Waals surface area contributed by atoms with Gasteiger partial charge in [-0.05, 0) is 48.7 Å². The Labute approximate surface area is 185 Å². The van der Waals surface area contributed by atoms with Gasteiger partial charge in [0.1, 0.15) is 5.82 Å². The number of sulfonamides is 1. The van der Waals surface area contributed by atoms with E-state index >= 15 is 0 Å². The average Bonchev–Trinajstić information content (AvgIpc) is 3.19. The van der Waals surface area contributed by atoms with Crippen molar-refractivity contribution in [3.05, 3.63) is 76.5 Å². The van der Waals surface area contributed by atoms with Gasteiger partial charge in [0.25, 0.3) is 0 Å². The number of imidazole rings is 1. The molecule has 4 rings (SSSR count). The van der Waals surface area contributed by atoms with Crippen LogP contribution in [0.4, 0.5) is 5.69 Å². The van der Waals surface area contributed by atoms with Crippen molar-refractivity contribution in [2.45, 2.75) is 32.0 Å². The Morgan fingerprint density at radius 1 is 1.30 bits per heavy atom. The highest BCUT2D eigenvalue weighted by Gasteiger charge is 2.35. The number of halogens is 1. The largest absolute Gasteiger partial charge is 0.360 e. The second-order valence-electron chi connectivity index (χ2n) is 7.60. The van der Waals surface area contributed by atoms with Gasteiger partial charge >= 0.3 is 0 Å². The van der Waals surface area contributed by atoms with Crippen LogP contribution in [-0.2, 0) is 23.0 Å². The third-order valence-electron chi connectivity index (χ3n) is 5.49. The van der Waals surface area contributed by atoms with Gasteiger partial charge in [0.05, 0.1) is 12.3 Å². The molecule has 7 nitrogen and oxygen atoms in total. The molecule has 1 aliphatic heterocycles. The first-order valence-electron chi connectivity index (χ1n) is 9.73. The highest BCUT2D eigenvalue weighted by atomic mass is 79.9. The summed E-state index contributed by atoms with van der Waals surface area (Å²) in [5.74, 6) is 0.844. The minimum Gasteiger partial charge on any atom is -0.360 e. The van der Waals surface area contributed by atoms with Gasteiger partial charge in [-0.2, -0.15) is 4.31 Å². The van der Waals surface area contributed by atoms with E-state index in [1.807, 2.05) is 36.5 Å². The van der Waals surface area contributed by atoms with E-state index in [-0.39, 0.29) is 12.1 Å². The van der Waals surface area contributed by atoms with Gasteiger partial charge in [-0.25, -0.2) is 13.4 Å². The normalized spacial score (nSPS) is 18.6. The van der Waals surface area contributed by atoms with E-state index in [0.717, 1.165) is 27.1 Å². The van der Waals surface area contributed by atoms with Gasteiger partial charge in [0.2, 0.25) is 10.0 Å². The van der Waals surface area contributed by atoms with Crippen LogP contribution in [0, 0.1) is 0 Å². The smallest absolute Gasteiger partial charge is 0.211 e. The number of hydrogen-bond acceptors (Lipinski definition) is 5.